The monoisotopic (exact) mass is 1090 g/mol. The number of imidazole rings is 1. The zero-order chi connectivity index (χ0) is 55.7. The summed E-state index contributed by atoms with van der Waals surface area (Å²) in [6.45, 7) is 3.78. The van der Waals surface area contributed by atoms with Gasteiger partial charge in [0.05, 0.1) is 34.5 Å². The van der Waals surface area contributed by atoms with Crippen LogP contribution in [0.15, 0.2) is 137 Å². The van der Waals surface area contributed by atoms with Crippen LogP contribution in [-0.4, -0.2) is 99.3 Å². The molecule has 5 heterocycles. The van der Waals surface area contributed by atoms with Crippen molar-refractivity contribution >= 4 is 113 Å². The second-order valence-electron chi connectivity index (χ2n) is 18.9. The topological polar surface area (TPSA) is 271 Å². The third-order valence-corrected chi connectivity index (χ3v) is 15.9. The number of imide groups is 4. The molecule has 390 valence electrons. The van der Waals surface area contributed by atoms with Crippen molar-refractivity contribution in [1.82, 2.24) is 19.8 Å². The number of rotatable bonds is 8. The van der Waals surface area contributed by atoms with Gasteiger partial charge >= 0.3 is 0 Å². The highest BCUT2D eigenvalue weighted by Crippen LogP contribution is 2.43. The third-order valence-electron chi connectivity index (χ3n) is 14.3. The summed E-state index contributed by atoms with van der Waals surface area (Å²) in [5, 5.41) is 13.3. The smallest absolute Gasteiger partial charge is 0.295 e. The van der Waals surface area contributed by atoms with Crippen LogP contribution in [0.2, 0.25) is 0 Å². The number of aromatic nitrogens is 2. The standard InChI is InChI=1S/C29H18N4O4.C28H18N2O10S2/c1-14-3-5-15(6-4-14)25-30-21-12-7-16(13-22(21)31-25)33-28(36)19-10-8-17-23-18(27(35)32(2)26(17)34)9-11-20(24(19)23)29(33)37;1-13-3-5-15(21(11-13)41-40-39-35)16-6-4-14(12-22(16)42(36,37)38)30-27(33)19-9-7-17-23-18(26(32)29(2)25(17)31)8-10-20(24(19)23)28(30)34/h3-13H,1-2H3,(H,30,31);3-12,35H,1-2H3,(H,36,37,38). The minimum Gasteiger partial charge on any atom is -0.338 e. The summed E-state index contributed by atoms with van der Waals surface area (Å²) >= 11 is 0.589. The van der Waals surface area contributed by atoms with Crippen molar-refractivity contribution in [2.24, 2.45) is 0 Å². The van der Waals surface area contributed by atoms with Gasteiger partial charge in [-0.15, -0.1) is 4.33 Å². The van der Waals surface area contributed by atoms with E-state index in [9.17, 15) is 51.3 Å². The first-order valence-electron chi connectivity index (χ1n) is 23.8. The molecule has 22 heteroatoms. The molecular formula is C57H36N6O14S2. The van der Waals surface area contributed by atoms with Crippen LogP contribution in [-0.2, 0) is 19.5 Å². The van der Waals surface area contributed by atoms with Crippen LogP contribution < -0.4 is 9.80 Å². The molecule has 0 radical (unpaired) electrons. The quantitative estimate of drug-likeness (QED) is 0.0420. The fourth-order valence-corrected chi connectivity index (χ4v) is 11.8. The highest BCUT2D eigenvalue weighted by atomic mass is 32.2. The summed E-state index contributed by atoms with van der Waals surface area (Å²) in [5.41, 5.74) is 6.32. The highest BCUT2D eigenvalue weighted by Gasteiger charge is 2.42. The number of fused-ring (bicyclic) bond motifs is 1. The number of aryl methyl sites for hydroxylation is 2. The number of aromatic amines is 1. The largest absolute Gasteiger partial charge is 0.338 e. The number of H-pyrrole nitrogens is 1. The molecule has 0 aliphatic carbocycles. The molecule has 9 aromatic rings. The van der Waals surface area contributed by atoms with Crippen LogP contribution in [0.1, 0.15) is 94.0 Å². The molecule has 0 atom stereocenters. The number of benzene rings is 8. The Morgan fingerprint density at radius 1 is 0.481 bits per heavy atom. The van der Waals surface area contributed by atoms with E-state index in [2.05, 4.69) is 19.3 Å². The first-order valence-corrected chi connectivity index (χ1v) is 26.0. The first-order chi connectivity index (χ1) is 37.8. The highest BCUT2D eigenvalue weighted by molar-refractivity contribution is 7.94. The molecule has 0 bridgehead atoms. The summed E-state index contributed by atoms with van der Waals surface area (Å²) in [4.78, 5) is 117. The lowest BCUT2D eigenvalue weighted by Gasteiger charge is -2.31. The predicted molar refractivity (Wildman–Crippen MR) is 286 cm³/mol. The van der Waals surface area contributed by atoms with Crippen molar-refractivity contribution in [2.75, 3.05) is 23.9 Å². The molecule has 4 aliphatic rings. The van der Waals surface area contributed by atoms with Crippen LogP contribution in [0.4, 0.5) is 11.4 Å². The van der Waals surface area contributed by atoms with Gasteiger partial charge in [0.25, 0.3) is 57.4 Å². The van der Waals surface area contributed by atoms with Crippen LogP contribution in [0.3, 0.4) is 0 Å². The molecule has 3 N–H and O–H groups in total. The SMILES string of the molecule is Cc1ccc(-c2ccc(N3C(=O)c4ccc5c6c(ccc(c46)C3=O)C(=O)N(C)C5=O)cc2S(=O)(=O)O)c(SOOO)c1.Cc1ccc(-c2nc3ccc(N4C(=O)c5ccc6c7c(ccc(c57)C4=O)C(=O)N(C)C6=O)cc3[nH]2)cc1. The van der Waals surface area contributed by atoms with Gasteiger partial charge in [-0.2, -0.15) is 8.42 Å². The normalized spacial score (nSPS) is 14.8. The lowest BCUT2D eigenvalue weighted by Crippen LogP contribution is -2.42. The fraction of sp³-hybridized carbons (Fsp3) is 0.0702. The van der Waals surface area contributed by atoms with Gasteiger partial charge in [-0.05, 0) is 110 Å². The van der Waals surface area contributed by atoms with Gasteiger partial charge in [0, 0.05) is 96.2 Å². The van der Waals surface area contributed by atoms with E-state index in [0.717, 1.165) is 42.4 Å². The van der Waals surface area contributed by atoms with Gasteiger partial charge in [0.2, 0.25) is 0 Å². The Kier molecular flexibility index (Phi) is 11.6. The second-order valence-corrected chi connectivity index (χ2v) is 21.0. The molecule has 1 aromatic heterocycles. The van der Waals surface area contributed by atoms with Gasteiger partial charge < -0.3 is 4.98 Å². The summed E-state index contributed by atoms with van der Waals surface area (Å²) in [5.74, 6) is -4.04. The summed E-state index contributed by atoms with van der Waals surface area (Å²) in [6.07, 6.45) is 0. The molecular weight excluding hydrogens is 1060 g/mol. The number of nitrogens with zero attached hydrogens (tertiary/aromatic N) is 5. The Labute approximate surface area is 450 Å². The van der Waals surface area contributed by atoms with E-state index in [1.807, 2.05) is 31.2 Å². The molecule has 79 heavy (non-hydrogen) atoms. The van der Waals surface area contributed by atoms with E-state index < -0.39 is 62.3 Å². The Morgan fingerprint density at radius 3 is 1.32 bits per heavy atom. The molecule has 0 unspecified atom stereocenters. The molecule has 0 saturated carbocycles. The summed E-state index contributed by atoms with van der Waals surface area (Å²) < 4.78 is 39.8. The molecule has 13 rings (SSSR count). The minimum atomic E-state index is -4.91. The van der Waals surface area contributed by atoms with E-state index in [-0.39, 0.29) is 61.0 Å². The maximum Gasteiger partial charge on any atom is 0.295 e. The van der Waals surface area contributed by atoms with Gasteiger partial charge in [-0.1, -0.05) is 53.1 Å². The van der Waals surface area contributed by atoms with E-state index in [1.54, 1.807) is 67.6 Å². The number of hydrogen-bond donors (Lipinski definition) is 3. The maximum absolute atomic E-state index is 13.8. The lowest BCUT2D eigenvalue weighted by atomic mass is 9.86. The molecule has 0 saturated heterocycles. The second kappa shape index (κ2) is 18.3. The lowest BCUT2D eigenvalue weighted by molar-refractivity contribution is -0.432. The van der Waals surface area contributed by atoms with E-state index in [0.29, 0.717) is 61.4 Å². The number of hydrogen-bond acceptors (Lipinski definition) is 15. The van der Waals surface area contributed by atoms with Crippen molar-refractivity contribution < 1.29 is 66.0 Å². The molecule has 4 aliphatic heterocycles. The molecule has 8 aromatic carbocycles. The minimum absolute atomic E-state index is 0.0160. The molecule has 0 spiro atoms. The average Bonchev–Trinajstić information content (AvgIpc) is 3.61. The van der Waals surface area contributed by atoms with Gasteiger partial charge in [-0.25, -0.2) is 20.0 Å². The van der Waals surface area contributed by atoms with Crippen LogP contribution >= 0.6 is 12.0 Å². The molecule has 0 fully saturated rings. The van der Waals surface area contributed by atoms with Crippen LogP contribution in [0, 0.1) is 13.8 Å². The molecule has 20 nitrogen and oxygen atoms in total. The van der Waals surface area contributed by atoms with Crippen LogP contribution in [0.25, 0.3) is 55.1 Å². The number of carbonyl (C=O) groups excluding carboxylic acids is 8. The number of nitrogens with one attached hydrogen (secondary N) is 1. The summed E-state index contributed by atoms with van der Waals surface area (Å²) in [7, 11) is -2.15. The predicted octanol–water partition coefficient (Wildman–Crippen LogP) is 9.23. The van der Waals surface area contributed by atoms with Crippen LogP contribution in [0.5, 0.6) is 0 Å². The maximum atomic E-state index is 13.8. The Bertz CT molecular complexity index is 4340. The number of amides is 8. The number of anilines is 2. The Morgan fingerprint density at radius 2 is 0.873 bits per heavy atom. The van der Waals surface area contributed by atoms with E-state index >= 15 is 0 Å². The van der Waals surface area contributed by atoms with E-state index in [4.69, 9.17) is 5.26 Å². The van der Waals surface area contributed by atoms with E-state index in [1.165, 1.54) is 50.5 Å². The van der Waals surface area contributed by atoms with Crippen molar-refractivity contribution in [2.45, 2.75) is 23.6 Å². The summed E-state index contributed by atoms with van der Waals surface area (Å²) in [6, 6.07) is 33.5. The van der Waals surface area contributed by atoms with Crippen molar-refractivity contribution in [3.63, 3.8) is 0 Å². The first kappa shape index (κ1) is 50.3. The Hall–Kier alpha value is -9.55. The van der Waals surface area contributed by atoms with Crippen molar-refractivity contribution in [3.8, 4) is 22.5 Å². The Balaban J connectivity index is 0.000000159. The average molecular weight is 1090 g/mol. The van der Waals surface area contributed by atoms with Gasteiger partial charge in [0.1, 0.15) is 10.7 Å². The molecule has 8 amide bonds. The third kappa shape index (κ3) is 7.75. The van der Waals surface area contributed by atoms with Crippen molar-refractivity contribution in [3.05, 3.63) is 183 Å². The van der Waals surface area contributed by atoms with Crippen molar-refractivity contribution in [1.29, 1.82) is 0 Å². The fourth-order valence-electron chi connectivity index (χ4n) is 10.5. The zero-order valence-corrected chi connectivity index (χ0v) is 43.1. The van der Waals surface area contributed by atoms with Gasteiger partial charge in [0.15, 0.2) is 0 Å². The number of carbonyl (C=O) groups is 8. The zero-order valence-electron chi connectivity index (χ0n) is 41.5. The van der Waals surface area contributed by atoms with Gasteiger partial charge in [-0.3, -0.25) is 52.7 Å².